The first-order valence-electron chi connectivity index (χ1n) is 12.9. The molecule has 2 fully saturated rings. The van der Waals surface area contributed by atoms with E-state index in [0.29, 0.717) is 39.3 Å². The summed E-state index contributed by atoms with van der Waals surface area (Å²) < 4.78 is 35.0. The van der Waals surface area contributed by atoms with Gasteiger partial charge in [0.05, 0.1) is 13.2 Å². The Balaban J connectivity index is 0.00000267. The smallest absolute Gasteiger partial charge is 0.266 e. The number of aryl methyl sites for hydroxylation is 1. The van der Waals surface area contributed by atoms with Crippen LogP contribution < -0.4 is 15.1 Å². The van der Waals surface area contributed by atoms with Crippen LogP contribution in [0.5, 0.6) is 5.75 Å². The van der Waals surface area contributed by atoms with Gasteiger partial charge >= 0.3 is 0 Å². The maximum Gasteiger partial charge on any atom is 0.266 e. The molecule has 1 aromatic heterocycles. The number of anilines is 1. The molecule has 0 radical (unpaired) electrons. The fourth-order valence-corrected chi connectivity index (χ4v) is 7.16. The molecular formula is C25H40Cl2N6O5S. The molecule has 2 aliphatic heterocycles. The third-order valence-electron chi connectivity index (χ3n) is 7.51. The number of ether oxygens (including phenoxy) is 1. The van der Waals surface area contributed by atoms with Crippen LogP contribution >= 0.6 is 24.8 Å². The molecule has 4 rings (SSSR count). The molecule has 0 bridgehead atoms. The fourth-order valence-electron chi connectivity index (χ4n) is 5.05. The van der Waals surface area contributed by atoms with Crippen molar-refractivity contribution < 1.29 is 23.2 Å². The molecule has 1 amide bonds. The number of hydroxylamine groups is 1. The molecule has 0 unspecified atom stereocenters. The van der Waals surface area contributed by atoms with Gasteiger partial charge in [-0.3, -0.25) is 14.9 Å². The monoisotopic (exact) mass is 606 g/mol. The van der Waals surface area contributed by atoms with Crippen LogP contribution in [-0.4, -0.2) is 88.9 Å². The Hall–Kier alpha value is -2.09. The van der Waals surface area contributed by atoms with E-state index in [4.69, 9.17) is 4.74 Å². The lowest BCUT2D eigenvalue weighted by Crippen LogP contribution is -2.63. The topological polar surface area (TPSA) is 120 Å². The maximum absolute atomic E-state index is 13.8. The number of unbranched alkanes of at least 4 members (excludes halogenated alkanes) is 1. The van der Waals surface area contributed by atoms with E-state index >= 15 is 0 Å². The lowest BCUT2D eigenvalue weighted by molar-refractivity contribution is -0.133. The Kier molecular flexibility index (Phi) is 12.3. The highest BCUT2D eigenvalue weighted by Crippen LogP contribution is 2.35. The minimum absolute atomic E-state index is 0. The zero-order valence-corrected chi connectivity index (χ0v) is 24.9. The fraction of sp³-hybridized carbons (Fsp3) is 0.600. The van der Waals surface area contributed by atoms with Gasteiger partial charge in [0.1, 0.15) is 11.6 Å². The van der Waals surface area contributed by atoms with Crippen LogP contribution in [0, 0.1) is 0 Å². The number of carbonyl (C=O) groups is 1. The molecule has 2 saturated heterocycles. The molecule has 39 heavy (non-hydrogen) atoms. The minimum atomic E-state index is -4.01. The summed E-state index contributed by atoms with van der Waals surface area (Å²) in [5.41, 5.74) is 2.65. The van der Waals surface area contributed by atoms with E-state index in [9.17, 15) is 18.4 Å². The summed E-state index contributed by atoms with van der Waals surface area (Å²) in [4.78, 5) is 21.4. The molecule has 0 atom stereocenters. The molecule has 0 saturated carbocycles. The standard InChI is InChI=1S/C25H38N6O5S.2ClH/c1-3-4-19-36-22-7-5-21(6-8-22)30-15-17-31(18-16-30)37(34,35)25(24(32)27-33)9-12-29(13-10-25)20-23-26-11-14-28(23)2;;/h5-8,11,14,33H,3-4,9-10,12-13,15-20H2,1-2H3,(H,27,32);2*1H. The molecule has 2 N–H and O–H groups in total. The lowest BCUT2D eigenvalue weighted by atomic mass is 9.95. The number of hydrogen-bond donors (Lipinski definition) is 2. The summed E-state index contributed by atoms with van der Waals surface area (Å²) in [5, 5.41) is 9.48. The molecule has 14 heteroatoms. The summed E-state index contributed by atoms with van der Waals surface area (Å²) in [6, 6.07) is 7.85. The van der Waals surface area contributed by atoms with Crippen molar-refractivity contribution in [1.82, 2.24) is 24.2 Å². The number of amides is 1. The van der Waals surface area contributed by atoms with Gasteiger partial charge in [-0.2, -0.15) is 4.31 Å². The van der Waals surface area contributed by atoms with Crippen LogP contribution in [0.3, 0.4) is 0 Å². The van der Waals surface area contributed by atoms with E-state index in [2.05, 4.69) is 21.7 Å². The first-order chi connectivity index (χ1) is 17.8. The van der Waals surface area contributed by atoms with Crippen molar-refractivity contribution in [1.29, 1.82) is 0 Å². The predicted molar refractivity (Wildman–Crippen MR) is 154 cm³/mol. The van der Waals surface area contributed by atoms with E-state index in [-0.39, 0.29) is 50.7 Å². The molecule has 2 aromatic rings. The van der Waals surface area contributed by atoms with E-state index in [1.165, 1.54) is 4.31 Å². The van der Waals surface area contributed by atoms with Gasteiger partial charge in [-0.25, -0.2) is 18.9 Å². The highest BCUT2D eigenvalue weighted by molar-refractivity contribution is 7.91. The Morgan fingerprint density at radius 3 is 2.26 bits per heavy atom. The molecule has 220 valence electrons. The predicted octanol–water partition coefficient (Wildman–Crippen LogP) is 2.43. The van der Waals surface area contributed by atoms with Gasteiger partial charge < -0.3 is 14.2 Å². The first kappa shape index (κ1) is 33.1. The number of piperidine rings is 1. The summed E-state index contributed by atoms with van der Waals surface area (Å²) in [7, 11) is -2.10. The van der Waals surface area contributed by atoms with Crippen molar-refractivity contribution in [3.05, 3.63) is 42.5 Å². The van der Waals surface area contributed by atoms with Crippen molar-refractivity contribution in [3.63, 3.8) is 0 Å². The minimum Gasteiger partial charge on any atom is -0.494 e. The number of sulfonamides is 1. The van der Waals surface area contributed by atoms with Gasteiger partial charge in [-0.15, -0.1) is 24.8 Å². The van der Waals surface area contributed by atoms with Crippen LogP contribution in [0.4, 0.5) is 5.69 Å². The van der Waals surface area contributed by atoms with Crippen LogP contribution in [0.1, 0.15) is 38.4 Å². The summed E-state index contributed by atoms with van der Waals surface area (Å²) >= 11 is 0. The third-order valence-corrected chi connectivity index (χ3v) is 10.1. The number of nitrogens with one attached hydrogen (secondary N) is 1. The third kappa shape index (κ3) is 7.17. The van der Waals surface area contributed by atoms with Crippen molar-refractivity contribution in [2.75, 3.05) is 50.8 Å². The number of imidazole rings is 1. The second-order valence-corrected chi connectivity index (χ2v) is 12.0. The van der Waals surface area contributed by atoms with Crippen molar-refractivity contribution >= 4 is 46.4 Å². The zero-order chi connectivity index (χ0) is 26.5. The van der Waals surface area contributed by atoms with Gasteiger partial charge in [0.25, 0.3) is 5.91 Å². The van der Waals surface area contributed by atoms with Crippen molar-refractivity contribution in [2.45, 2.75) is 43.9 Å². The summed E-state index contributed by atoms with van der Waals surface area (Å²) in [6.07, 6.45) is 5.88. The second kappa shape index (κ2) is 14.5. The van der Waals surface area contributed by atoms with Gasteiger partial charge in [0, 0.05) is 64.4 Å². The lowest BCUT2D eigenvalue weighted by Gasteiger charge is -2.44. The molecular weight excluding hydrogens is 567 g/mol. The second-order valence-electron chi connectivity index (χ2n) is 9.75. The Morgan fingerprint density at radius 1 is 1.08 bits per heavy atom. The number of benzene rings is 1. The van der Waals surface area contributed by atoms with E-state index in [1.54, 1.807) is 11.7 Å². The molecule has 0 spiro atoms. The van der Waals surface area contributed by atoms with Gasteiger partial charge in [0.2, 0.25) is 10.0 Å². The Bertz CT molecular complexity index is 1150. The van der Waals surface area contributed by atoms with Crippen LogP contribution in [-0.2, 0) is 28.4 Å². The molecule has 2 aliphatic rings. The van der Waals surface area contributed by atoms with Gasteiger partial charge in [0.15, 0.2) is 4.75 Å². The first-order valence-corrected chi connectivity index (χ1v) is 14.4. The number of nitrogens with zero attached hydrogens (tertiary/aromatic N) is 5. The number of piperazine rings is 1. The SMILES string of the molecule is CCCCOc1ccc(N2CCN(S(=O)(=O)C3(C(=O)NO)CCN(Cc4nccn4C)CC3)CC2)cc1.Cl.Cl. The van der Waals surface area contributed by atoms with Gasteiger partial charge in [-0.05, 0) is 43.5 Å². The van der Waals surface area contributed by atoms with Crippen LogP contribution in [0.15, 0.2) is 36.7 Å². The zero-order valence-electron chi connectivity index (χ0n) is 22.5. The van der Waals surface area contributed by atoms with E-state index in [0.717, 1.165) is 30.1 Å². The maximum atomic E-state index is 13.8. The van der Waals surface area contributed by atoms with Crippen molar-refractivity contribution in [3.8, 4) is 5.75 Å². The van der Waals surface area contributed by atoms with E-state index in [1.807, 2.05) is 42.1 Å². The number of hydrogen-bond acceptors (Lipinski definition) is 8. The summed E-state index contributed by atoms with van der Waals surface area (Å²) in [5.74, 6) is 0.841. The Morgan fingerprint density at radius 2 is 1.72 bits per heavy atom. The highest BCUT2D eigenvalue weighted by atomic mass is 35.5. The average molecular weight is 608 g/mol. The average Bonchev–Trinajstić information content (AvgIpc) is 3.33. The Labute approximate surface area is 243 Å². The highest BCUT2D eigenvalue weighted by Gasteiger charge is 2.55. The number of halogens is 2. The van der Waals surface area contributed by atoms with Crippen LogP contribution in [0.25, 0.3) is 0 Å². The van der Waals surface area contributed by atoms with Crippen LogP contribution in [0.2, 0.25) is 0 Å². The number of aromatic nitrogens is 2. The quantitative estimate of drug-likeness (QED) is 0.240. The summed E-state index contributed by atoms with van der Waals surface area (Å²) in [6.45, 7) is 5.77. The number of carbonyl (C=O) groups excluding carboxylic acids is 1. The largest absolute Gasteiger partial charge is 0.494 e. The van der Waals surface area contributed by atoms with E-state index < -0.39 is 20.7 Å². The molecule has 11 nitrogen and oxygen atoms in total. The number of rotatable bonds is 10. The molecule has 1 aromatic carbocycles. The van der Waals surface area contributed by atoms with Crippen molar-refractivity contribution in [2.24, 2.45) is 7.05 Å². The number of likely N-dealkylation sites (tertiary alicyclic amines) is 1. The van der Waals surface area contributed by atoms with Gasteiger partial charge in [-0.1, -0.05) is 13.3 Å². The molecule has 0 aliphatic carbocycles. The normalized spacial score (nSPS) is 18.1. The molecule has 3 heterocycles.